The molecule has 7 nitrogen and oxygen atoms in total. The summed E-state index contributed by atoms with van der Waals surface area (Å²) in [6.45, 7) is 6.60. The summed E-state index contributed by atoms with van der Waals surface area (Å²) in [6.07, 6.45) is -1.97. The van der Waals surface area contributed by atoms with Crippen molar-refractivity contribution in [2.24, 2.45) is 7.05 Å². The number of aromatic nitrogens is 2. The van der Waals surface area contributed by atoms with Gasteiger partial charge in [0.1, 0.15) is 5.75 Å². The lowest BCUT2D eigenvalue weighted by Gasteiger charge is -2.18. The Balaban J connectivity index is 1.96. The third-order valence-corrected chi connectivity index (χ3v) is 4.48. The molecular formula is C18H21Cl2N3O4. The van der Waals surface area contributed by atoms with Crippen LogP contribution >= 0.6 is 23.2 Å². The number of hydrogen-bond acceptors (Lipinski definition) is 5. The predicted octanol–water partition coefficient (Wildman–Crippen LogP) is 3.68. The number of carbonyl (C=O) groups is 2. The molecule has 0 unspecified atom stereocenters. The molecule has 0 aliphatic heterocycles. The first-order valence-electron chi connectivity index (χ1n) is 8.23. The number of rotatable bonds is 6. The van der Waals surface area contributed by atoms with E-state index < -0.39 is 24.1 Å². The zero-order valence-electron chi connectivity index (χ0n) is 15.7. The maximum absolute atomic E-state index is 12.3. The van der Waals surface area contributed by atoms with Gasteiger partial charge in [0.2, 0.25) is 0 Å². The molecule has 0 radical (unpaired) electrons. The topological polar surface area (TPSA) is 82.5 Å². The van der Waals surface area contributed by atoms with Crippen molar-refractivity contribution in [1.29, 1.82) is 0 Å². The van der Waals surface area contributed by atoms with Crippen molar-refractivity contribution < 1.29 is 19.1 Å². The number of ether oxygens (including phenoxy) is 2. The Hall–Kier alpha value is -2.25. The van der Waals surface area contributed by atoms with Crippen LogP contribution in [0, 0.1) is 13.8 Å². The molecule has 9 heteroatoms. The van der Waals surface area contributed by atoms with Gasteiger partial charge in [-0.15, -0.1) is 0 Å². The Bertz CT molecular complexity index is 867. The Morgan fingerprint density at radius 3 is 2.41 bits per heavy atom. The number of anilines is 1. The summed E-state index contributed by atoms with van der Waals surface area (Å²) in [4.78, 5) is 24.6. The van der Waals surface area contributed by atoms with E-state index in [4.69, 9.17) is 32.7 Å². The molecule has 27 heavy (non-hydrogen) atoms. The van der Waals surface area contributed by atoms with Crippen molar-refractivity contribution in [3.63, 3.8) is 0 Å². The average molecular weight is 414 g/mol. The van der Waals surface area contributed by atoms with Gasteiger partial charge in [-0.25, -0.2) is 4.79 Å². The van der Waals surface area contributed by atoms with Gasteiger partial charge in [-0.1, -0.05) is 23.2 Å². The highest BCUT2D eigenvalue weighted by Gasteiger charge is 2.25. The Morgan fingerprint density at radius 1 is 1.19 bits per heavy atom. The first-order chi connectivity index (χ1) is 12.6. The van der Waals surface area contributed by atoms with Crippen LogP contribution in [-0.2, 0) is 21.4 Å². The van der Waals surface area contributed by atoms with Gasteiger partial charge in [0.25, 0.3) is 5.91 Å². The van der Waals surface area contributed by atoms with Gasteiger partial charge >= 0.3 is 5.97 Å². The SMILES string of the molecule is Cc1nn(C)c(C)c1NC(=O)[C@@H](C)OC(=O)[C@H](C)Oc1ccc(Cl)cc1Cl. The van der Waals surface area contributed by atoms with E-state index in [-0.39, 0.29) is 5.02 Å². The van der Waals surface area contributed by atoms with Gasteiger partial charge in [-0.05, 0) is 45.9 Å². The maximum atomic E-state index is 12.3. The summed E-state index contributed by atoms with van der Waals surface area (Å²) in [6, 6.07) is 4.65. The number of carbonyl (C=O) groups excluding carboxylic acids is 2. The Morgan fingerprint density at radius 2 is 1.85 bits per heavy atom. The molecule has 0 saturated heterocycles. The molecule has 0 aliphatic carbocycles. The quantitative estimate of drug-likeness (QED) is 0.730. The van der Waals surface area contributed by atoms with Crippen LogP contribution in [0.25, 0.3) is 0 Å². The van der Waals surface area contributed by atoms with Crippen molar-refractivity contribution in [2.45, 2.75) is 39.9 Å². The zero-order chi connectivity index (χ0) is 20.3. The second kappa shape index (κ2) is 8.63. The molecular weight excluding hydrogens is 393 g/mol. The zero-order valence-corrected chi connectivity index (χ0v) is 17.2. The van der Waals surface area contributed by atoms with Crippen molar-refractivity contribution in [3.8, 4) is 5.75 Å². The van der Waals surface area contributed by atoms with Crippen molar-refractivity contribution in [2.75, 3.05) is 5.32 Å². The van der Waals surface area contributed by atoms with Crippen LogP contribution in [0.15, 0.2) is 18.2 Å². The minimum atomic E-state index is -1.01. The molecule has 0 saturated carbocycles. The summed E-state index contributed by atoms with van der Waals surface area (Å²) in [7, 11) is 1.78. The van der Waals surface area contributed by atoms with E-state index in [1.807, 2.05) is 6.92 Å². The molecule has 1 N–H and O–H groups in total. The van der Waals surface area contributed by atoms with Gasteiger partial charge in [0, 0.05) is 12.1 Å². The minimum absolute atomic E-state index is 0.274. The van der Waals surface area contributed by atoms with Crippen LogP contribution in [0.3, 0.4) is 0 Å². The number of halogens is 2. The molecule has 1 aromatic heterocycles. The van der Waals surface area contributed by atoms with Gasteiger partial charge in [-0.3, -0.25) is 9.48 Å². The lowest BCUT2D eigenvalue weighted by Crippen LogP contribution is -2.35. The Kier molecular flexibility index (Phi) is 6.73. The molecule has 0 bridgehead atoms. The fourth-order valence-corrected chi connectivity index (χ4v) is 2.77. The Labute approximate surface area is 167 Å². The molecule has 1 amide bonds. The lowest BCUT2D eigenvalue weighted by molar-refractivity contribution is -0.159. The lowest BCUT2D eigenvalue weighted by atomic mass is 10.3. The molecule has 1 aromatic carbocycles. The predicted molar refractivity (Wildman–Crippen MR) is 103 cm³/mol. The van der Waals surface area contributed by atoms with Crippen molar-refractivity contribution in [3.05, 3.63) is 39.6 Å². The van der Waals surface area contributed by atoms with Crippen LogP contribution in [0.4, 0.5) is 5.69 Å². The highest BCUT2D eigenvalue weighted by Crippen LogP contribution is 2.28. The minimum Gasteiger partial charge on any atom is -0.477 e. The number of esters is 1. The first-order valence-corrected chi connectivity index (χ1v) is 8.99. The summed E-state index contributed by atoms with van der Waals surface area (Å²) >= 11 is 11.9. The molecule has 2 aromatic rings. The van der Waals surface area contributed by atoms with E-state index >= 15 is 0 Å². The number of nitrogens with one attached hydrogen (secondary N) is 1. The number of aryl methyl sites for hydroxylation is 2. The summed E-state index contributed by atoms with van der Waals surface area (Å²) in [5, 5.41) is 7.68. The highest BCUT2D eigenvalue weighted by atomic mass is 35.5. The van der Waals surface area contributed by atoms with Gasteiger partial charge in [0.05, 0.1) is 22.1 Å². The monoisotopic (exact) mass is 413 g/mol. The standard InChI is InChI=1S/C18H21Cl2N3O4/c1-9-16(10(2)23(5)22-9)21-17(24)11(3)27-18(25)12(4)26-15-7-6-13(19)8-14(15)20/h6-8,11-12H,1-5H3,(H,21,24)/t11-,12+/m1/s1. The van der Waals surface area contributed by atoms with Crippen molar-refractivity contribution >= 4 is 40.8 Å². The maximum Gasteiger partial charge on any atom is 0.347 e. The van der Waals surface area contributed by atoms with E-state index in [1.54, 1.807) is 30.8 Å². The average Bonchev–Trinajstić information content (AvgIpc) is 2.83. The summed E-state index contributed by atoms with van der Waals surface area (Å²) in [5.41, 5.74) is 2.08. The smallest absolute Gasteiger partial charge is 0.347 e. The van der Waals surface area contributed by atoms with Crippen LogP contribution < -0.4 is 10.1 Å². The fourth-order valence-electron chi connectivity index (χ4n) is 2.31. The van der Waals surface area contributed by atoms with Crippen LogP contribution in [0.1, 0.15) is 25.2 Å². The van der Waals surface area contributed by atoms with E-state index in [1.165, 1.54) is 19.9 Å². The molecule has 146 valence electrons. The largest absolute Gasteiger partial charge is 0.477 e. The van der Waals surface area contributed by atoms with Crippen LogP contribution in [-0.4, -0.2) is 33.9 Å². The second-order valence-electron chi connectivity index (χ2n) is 6.07. The second-order valence-corrected chi connectivity index (χ2v) is 6.92. The third kappa shape index (κ3) is 5.14. The molecule has 0 aliphatic rings. The third-order valence-electron chi connectivity index (χ3n) is 3.95. The molecule has 2 rings (SSSR count). The fraction of sp³-hybridized carbons (Fsp3) is 0.389. The summed E-state index contributed by atoms with van der Waals surface area (Å²) in [5.74, 6) is -0.855. The van der Waals surface area contributed by atoms with E-state index in [0.29, 0.717) is 22.2 Å². The molecule has 0 fully saturated rings. The highest BCUT2D eigenvalue weighted by molar-refractivity contribution is 6.35. The molecule has 0 spiro atoms. The van der Waals surface area contributed by atoms with E-state index in [9.17, 15) is 9.59 Å². The first kappa shape index (κ1) is 21.1. The van der Waals surface area contributed by atoms with Gasteiger partial charge in [0.15, 0.2) is 12.2 Å². The van der Waals surface area contributed by atoms with E-state index in [2.05, 4.69) is 10.4 Å². The number of nitrogens with zero attached hydrogens (tertiary/aromatic N) is 2. The van der Waals surface area contributed by atoms with Gasteiger partial charge in [-0.2, -0.15) is 5.10 Å². The normalized spacial score (nSPS) is 13.0. The van der Waals surface area contributed by atoms with E-state index in [0.717, 1.165) is 5.69 Å². The van der Waals surface area contributed by atoms with Crippen molar-refractivity contribution in [1.82, 2.24) is 9.78 Å². The number of amides is 1. The van der Waals surface area contributed by atoms with Crippen LogP contribution in [0.2, 0.25) is 10.0 Å². The molecule has 2 atom stereocenters. The van der Waals surface area contributed by atoms with Gasteiger partial charge < -0.3 is 14.8 Å². The number of hydrogen-bond donors (Lipinski definition) is 1. The van der Waals surface area contributed by atoms with Crippen LogP contribution in [0.5, 0.6) is 5.75 Å². The molecule has 1 heterocycles. The summed E-state index contributed by atoms with van der Waals surface area (Å²) < 4.78 is 12.3. The number of benzene rings is 1.